The average molecular weight is 279 g/mol. The minimum Gasteiger partial charge on any atom is -0.384 e. The summed E-state index contributed by atoms with van der Waals surface area (Å²) in [5, 5.41) is 16.6. The Labute approximate surface area is 113 Å². The third-order valence-electron chi connectivity index (χ3n) is 2.27. The second-order valence-corrected chi connectivity index (χ2v) is 6.30. The first-order chi connectivity index (χ1) is 8.47. The lowest BCUT2D eigenvalue weighted by atomic mass is 10.1. The van der Waals surface area contributed by atoms with Gasteiger partial charge in [-0.1, -0.05) is 23.1 Å². The van der Waals surface area contributed by atoms with Crippen molar-refractivity contribution in [1.82, 2.24) is 15.2 Å². The fraction of sp³-hybridized carbons (Fsp3) is 0.273. The average Bonchev–Trinajstić information content (AvgIpc) is 2.62. The maximum atomic E-state index is 7.65. The second kappa shape index (κ2) is 5.03. The van der Waals surface area contributed by atoms with E-state index in [9.17, 15) is 0 Å². The fourth-order valence-corrected chi connectivity index (χ4v) is 3.69. The summed E-state index contributed by atoms with van der Waals surface area (Å²) in [6.07, 6.45) is 0. The van der Waals surface area contributed by atoms with Gasteiger partial charge in [0.05, 0.1) is 5.56 Å². The second-order valence-electron chi connectivity index (χ2n) is 3.82. The Bertz CT molecular complexity index is 605. The summed E-state index contributed by atoms with van der Waals surface area (Å²) in [7, 11) is 0. The van der Waals surface area contributed by atoms with Gasteiger partial charge in [-0.3, -0.25) is 10.4 Å². The van der Waals surface area contributed by atoms with Crippen LogP contribution >= 0.6 is 23.1 Å². The molecule has 0 aliphatic carbocycles. The van der Waals surface area contributed by atoms with Crippen molar-refractivity contribution < 1.29 is 0 Å². The molecular formula is C11H13N5S2. The van der Waals surface area contributed by atoms with Gasteiger partial charge in [-0.2, -0.15) is 0 Å². The van der Waals surface area contributed by atoms with Crippen molar-refractivity contribution in [2.75, 3.05) is 0 Å². The first-order valence-electron chi connectivity index (χ1n) is 5.28. The molecule has 2 aromatic rings. The van der Waals surface area contributed by atoms with Crippen LogP contribution in [0.25, 0.3) is 0 Å². The Balaban J connectivity index is 2.45. The van der Waals surface area contributed by atoms with Crippen molar-refractivity contribution >= 4 is 28.9 Å². The number of hydrogen-bond donors (Lipinski definition) is 2. The van der Waals surface area contributed by atoms with Crippen LogP contribution in [0, 0.1) is 26.2 Å². The van der Waals surface area contributed by atoms with Gasteiger partial charge in [-0.25, -0.2) is 0 Å². The molecule has 0 aliphatic heterocycles. The van der Waals surface area contributed by atoms with E-state index in [0.29, 0.717) is 5.56 Å². The van der Waals surface area contributed by atoms with Gasteiger partial charge in [0.2, 0.25) is 0 Å². The molecule has 3 N–H and O–H groups in total. The van der Waals surface area contributed by atoms with Gasteiger partial charge >= 0.3 is 0 Å². The Hall–Kier alpha value is -1.47. The minimum absolute atomic E-state index is 0.0312. The van der Waals surface area contributed by atoms with Gasteiger partial charge < -0.3 is 5.73 Å². The monoisotopic (exact) mass is 279 g/mol. The Morgan fingerprint density at radius 3 is 2.61 bits per heavy atom. The molecule has 0 atom stereocenters. The standard InChI is InChI=1S/C11H13N5S2/c1-5-4-8(9(10(12)13)6(2)14-5)18-11-16-15-7(3)17-11/h4H,1-3H3,(H3,12,13). The van der Waals surface area contributed by atoms with Crippen LogP contribution in [0.5, 0.6) is 0 Å². The van der Waals surface area contributed by atoms with Gasteiger partial charge in [0.15, 0.2) is 4.34 Å². The van der Waals surface area contributed by atoms with Gasteiger partial charge in [-0.05, 0) is 26.8 Å². The number of nitrogens with zero attached hydrogens (tertiary/aromatic N) is 3. The third-order valence-corrected chi connectivity index (χ3v) is 4.20. The first kappa shape index (κ1) is 13.0. The van der Waals surface area contributed by atoms with Gasteiger partial charge in [0.1, 0.15) is 10.8 Å². The van der Waals surface area contributed by atoms with E-state index in [4.69, 9.17) is 11.1 Å². The van der Waals surface area contributed by atoms with Crippen LogP contribution in [-0.4, -0.2) is 21.0 Å². The summed E-state index contributed by atoms with van der Waals surface area (Å²) in [5.41, 5.74) is 7.97. The van der Waals surface area contributed by atoms with Crippen LogP contribution in [-0.2, 0) is 0 Å². The third kappa shape index (κ3) is 2.68. The SMILES string of the molecule is Cc1cc(Sc2nnc(C)s2)c(C(=N)N)c(C)n1. The van der Waals surface area contributed by atoms with E-state index in [0.717, 1.165) is 25.6 Å². The molecule has 5 nitrogen and oxygen atoms in total. The normalized spacial score (nSPS) is 10.6. The van der Waals surface area contributed by atoms with E-state index in [1.807, 2.05) is 26.8 Å². The molecule has 0 aliphatic rings. The molecule has 94 valence electrons. The van der Waals surface area contributed by atoms with Crippen molar-refractivity contribution in [2.24, 2.45) is 5.73 Å². The molecule has 0 unspecified atom stereocenters. The zero-order valence-corrected chi connectivity index (χ0v) is 11.9. The van der Waals surface area contributed by atoms with E-state index in [1.165, 1.54) is 23.1 Å². The molecule has 0 saturated carbocycles. The maximum absolute atomic E-state index is 7.65. The molecule has 0 bridgehead atoms. The molecule has 0 saturated heterocycles. The molecule has 18 heavy (non-hydrogen) atoms. The highest BCUT2D eigenvalue weighted by Crippen LogP contribution is 2.33. The first-order valence-corrected chi connectivity index (χ1v) is 6.91. The predicted molar refractivity (Wildman–Crippen MR) is 73.5 cm³/mol. The molecule has 2 rings (SSSR count). The Kier molecular flexibility index (Phi) is 3.63. The summed E-state index contributed by atoms with van der Waals surface area (Å²) in [6.45, 7) is 5.70. The van der Waals surface area contributed by atoms with E-state index >= 15 is 0 Å². The molecule has 0 spiro atoms. The molecule has 0 aromatic carbocycles. The van der Waals surface area contributed by atoms with E-state index in [1.54, 1.807) is 0 Å². The maximum Gasteiger partial charge on any atom is 0.179 e. The van der Waals surface area contributed by atoms with Crippen LogP contribution in [0.2, 0.25) is 0 Å². The molecule has 7 heteroatoms. The van der Waals surface area contributed by atoms with Crippen molar-refractivity contribution in [1.29, 1.82) is 5.41 Å². The highest BCUT2D eigenvalue weighted by atomic mass is 32.2. The van der Waals surface area contributed by atoms with E-state index in [-0.39, 0.29) is 5.84 Å². The van der Waals surface area contributed by atoms with Crippen LogP contribution < -0.4 is 5.73 Å². The number of hydrogen-bond acceptors (Lipinski definition) is 6. The molecule has 2 heterocycles. The lowest BCUT2D eigenvalue weighted by molar-refractivity contribution is 0.982. The smallest absolute Gasteiger partial charge is 0.179 e. The topological polar surface area (TPSA) is 88.5 Å². The minimum atomic E-state index is 0.0312. The number of rotatable bonds is 3. The number of nitrogen functional groups attached to an aromatic ring is 1. The number of nitrogens with two attached hydrogens (primary N) is 1. The summed E-state index contributed by atoms with van der Waals surface area (Å²) in [4.78, 5) is 5.24. The number of aryl methyl sites for hydroxylation is 3. The summed E-state index contributed by atoms with van der Waals surface area (Å²) in [5.74, 6) is 0.0312. The van der Waals surface area contributed by atoms with Crippen molar-refractivity contribution in [3.05, 3.63) is 28.0 Å². The van der Waals surface area contributed by atoms with Crippen LogP contribution in [0.1, 0.15) is 22.0 Å². The Morgan fingerprint density at radius 2 is 2.06 bits per heavy atom. The number of pyridine rings is 1. The van der Waals surface area contributed by atoms with E-state index < -0.39 is 0 Å². The zero-order valence-electron chi connectivity index (χ0n) is 10.3. The quantitative estimate of drug-likeness (QED) is 0.664. The van der Waals surface area contributed by atoms with Crippen LogP contribution in [0.15, 0.2) is 15.3 Å². The summed E-state index contributed by atoms with van der Waals surface area (Å²) in [6, 6.07) is 1.92. The summed E-state index contributed by atoms with van der Waals surface area (Å²) >= 11 is 3.00. The van der Waals surface area contributed by atoms with Crippen molar-refractivity contribution in [2.45, 2.75) is 30.0 Å². The van der Waals surface area contributed by atoms with E-state index in [2.05, 4.69) is 15.2 Å². The number of aromatic nitrogens is 3. The summed E-state index contributed by atoms with van der Waals surface area (Å²) < 4.78 is 0.847. The van der Waals surface area contributed by atoms with Crippen LogP contribution in [0.4, 0.5) is 0 Å². The van der Waals surface area contributed by atoms with Crippen molar-refractivity contribution in [3.63, 3.8) is 0 Å². The van der Waals surface area contributed by atoms with Gasteiger partial charge in [-0.15, -0.1) is 10.2 Å². The molecule has 0 fully saturated rings. The molecule has 2 aromatic heterocycles. The molecule has 0 radical (unpaired) electrons. The predicted octanol–water partition coefficient (Wildman–Crippen LogP) is 2.29. The van der Waals surface area contributed by atoms with Gasteiger partial charge in [0.25, 0.3) is 0 Å². The highest BCUT2D eigenvalue weighted by Gasteiger charge is 2.14. The van der Waals surface area contributed by atoms with Crippen molar-refractivity contribution in [3.8, 4) is 0 Å². The molecular weight excluding hydrogens is 266 g/mol. The highest BCUT2D eigenvalue weighted by molar-refractivity contribution is 8.01. The lowest BCUT2D eigenvalue weighted by Crippen LogP contribution is -2.15. The fourth-order valence-electron chi connectivity index (χ4n) is 1.61. The zero-order chi connectivity index (χ0) is 13.3. The largest absolute Gasteiger partial charge is 0.384 e. The molecule has 0 amide bonds. The lowest BCUT2D eigenvalue weighted by Gasteiger charge is -2.10. The van der Waals surface area contributed by atoms with Crippen LogP contribution in [0.3, 0.4) is 0 Å². The number of nitrogens with one attached hydrogen (secondary N) is 1. The van der Waals surface area contributed by atoms with Gasteiger partial charge in [0, 0.05) is 16.3 Å². The number of amidine groups is 1. The Morgan fingerprint density at radius 1 is 1.33 bits per heavy atom.